The summed E-state index contributed by atoms with van der Waals surface area (Å²) in [5, 5.41) is 14.8. The van der Waals surface area contributed by atoms with Gasteiger partial charge < -0.3 is 14.8 Å². The van der Waals surface area contributed by atoms with E-state index in [9.17, 15) is 23.1 Å². The van der Waals surface area contributed by atoms with Gasteiger partial charge >= 0.3 is 5.97 Å². The van der Waals surface area contributed by atoms with E-state index in [0.717, 1.165) is 5.56 Å². The lowest BCUT2D eigenvalue weighted by atomic mass is 9.74. The highest BCUT2D eigenvalue weighted by molar-refractivity contribution is 7.91. The fourth-order valence-electron chi connectivity index (χ4n) is 6.82. The zero-order valence-corrected chi connectivity index (χ0v) is 29.9. The van der Waals surface area contributed by atoms with Crippen molar-refractivity contribution in [1.82, 2.24) is 19.7 Å². The van der Waals surface area contributed by atoms with Crippen LogP contribution in [0.15, 0.2) is 60.8 Å². The van der Waals surface area contributed by atoms with E-state index in [2.05, 4.69) is 4.98 Å². The van der Waals surface area contributed by atoms with Crippen LogP contribution in [0.4, 0.5) is 8.78 Å². The zero-order valence-electron chi connectivity index (χ0n) is 29.1. The molecule has 0 spiro atoms. The molecule has 13 heteroatoms. The van der Waals surface area contributed by atoms with Gasteiger partial charge in [-0.15, -0.1) is 0 Å². The standard InChI is InChI=1S/C38H40F2N4O6S/c1-22(35(46)47)17-23-7-6-8-24(18-23)38(4)14-11-32(45)37(2,3)21-51(48,49)16-13-27-26-12-15-41-31(26)20-30(40)33(27)50-25-9-10-29(39)28(19-25)34-42-36(38)43-44(34)5/h6-10,12,15,18-20,22,41H,11,13-14,16-17,21H2,1-5H3,(H,46,47). The van der Waals surface area contributed by atoms with Gasteiger partial charge in [-0.25, -0.2) is 26.9 Å². The number of hydrogen-bond acceptors (Lipinski definition) is 7. The van der Waals surface area contributed by atoms with Gasteiger partial charge in [-0.3, -0.25) is 9.59 Å². The Bertz CT molecular complexity index is 2280. The summed E-state index contributed by atoms with van der Waals surface area (Å²) in [5.74, 6) is -3.65. The van der Waals surface area contributed by atoms with E-state index >= 15 is 8.78 Å². The lowest BCUT2D eigenvalue weighted by molar-refractivity contribution is -0.141. The molecule has 1 aliphatic rings. The predicted octanol–water partition coefficient (Wildman–Crippen LogP) is 6.95. The first-order valence-corrected chi connectivity index (χ1v) is 18.5. The molecule has 5 aromatic rings. The number of carboxylic acid groups (broad SMARTS) is 1. The van der Waals surface area contributed by atoms with Crippen molar-refractivity contribution in [3.8, 4) is 22.9 Å². The minimum absolute atomic E-state index is 0.0297. The van der Waals surface area contributed by atoms with Crippen molar-refractivity contribution in [2.45, 2.75) is 58.8 Å². The van der Waals surface area contributed by atoms with E-state index in [1.807, 2.05) is 25.1 Å². The molecular weight excluding hydrogens is 679 g/mol. The van der Waals surface area contributed by atoms with Crippen LogP contribution in [0.25, 0.3) is 22.3 Å². The van der Waals surface area contributed by atoms with Gasteiger partial charge in [0, 0.05) is 47.6 Å². The number of aliphatic carboxylic acids is 1. The predicted molar refractivity (Wildman–Crippen MR) is 189 cm³/mol. The molecule has 2 N–H and O–H groups in total. The van der Waals surface area contributed by atoms with Crippen LogP contribution in [-0.4, -0.2) is 56.5 Å². The Balaban J connectivity index is 1.52. The number of nitrogens with zero attached hydrogens (tertiary/aromatic N) is 3. The highest BCUT2D eigenvalue weighted by Gasteiger charge is 2.39. The van der Waals surface area contributed by atoms with Gasteiger partial charge in [0.2, 0.25) is 0 Å². The van der Waals surface area contributed by atoms with Gasteiger partial charge in [-0.05, 0) is 61.6 Å². The average Bonchev–Trinajstić information content (AvgIpc) is 3.69. The summed E-state index contributed by atoms with van der Waals surface area (Å²) in [6.07, 6.45) is 1.94. The van der Waals surface area contributed by atoms with Gasteiger partial charge in [0.25, 0.3) is 0 Å². The topological polar surface area (TPSA) is 144 Å². The van der Waals surface area contributed by atoms with Crippen molar-refractivity contribution < 1.29 is 36.6 Å². The molecule has 51 heavy (non-hydrogen) atoms. The molecule has 0 aliphatic carbocycles. The first-order chi connectivity index (χ1) is 24.0. The SMILES string of the molecule is CC(Cc1cccc(C2(C)CCC(=O)C(C)(C)CS(=O)(=O)CCc3c(c(F)cc4[nH]ccc34)Oc3ccc(F)c(c3)-c3nc2nn3C)c1)C(=O)O. The number of aromatic nitrogens is 4. The maximum absolute atomic E-state index is 15.7. The third kappa shape index (κ3) is 7.17. The largest absolute Gasteiger partial charge is 0.481 e. The molecule has 2 atom stereocenters. The first kappa shape index (κ1) is 35.9. The monoisotopic (exact) mass is 718 g/mol. The minimum atomic E-state index is -3.85. The van der Waals surface area contributed by atoms with Crippen molar-refractivity contribution in [2.75, 3.05) is 11.5 Å². The van der Waals surface area contributed by atoms with E-state index in [4.69, 9.17) is 14.8 Å². The number of carboxylic acids is 1. The van der Waals surface area contributed by atoms with E-state index in [0.29, 0.717) is 22.0 Å². The van der Waals surface area contributed by atoms with Crippen LogP contribution >= 0.6 is 0 Å². The van der Waals surface area contributed by atoms with Crippen molar-refractivity contribution in [3.63, 3.8) is 0 Å². The normalized spacial score (nSPS) is 19.8. The fourth-order valence-corrected chi connectivity index (χ4v) is 8.74. The molecule has 3 heterocycles. The summed E-state index contributed by atoms with van der Waals surface area (Å²) in [6.45, 7) is 6.68. The fraction of sp³-hybridized carbons (Fsp3) is 0.368. The van der Waals surface area contributed by atoms with E-state index in [-0.39, 0.29) is 65.9 Å². The summed E-state index contributed by atoms with van der Waals surface area (Å²) in [6, 6.07) is 14.2. The third-order valence-electron chi connectivity index (χ3n) is 9.90. The molecule has 0 fully saturated rings. The first-order valence-electron chi connectivity index (χ1n) is 16.7. The molecule has 2 aromatic heterocycles. The third-order valence-corrected chi connectivity index (χ3v) is 11.9. The second-order valence-electron chi connectivity index (χ2n) is 14.4. The molecule has 10 nitrogen and oxygen atoms in total. The average molecular weight is 719 g/mol. The molecule has 0 saturated carbocycles. The molecular formula is C38H40F2N4O6S. The summed E-state index contributed by atoms with van der Waals surface area (Å²) in [4.78, 5) is 33.3. The summed E-state index contributed by atoms with van der Waals surface area (Å²) in [5.41, 5.74) is -0.0175. The summed E-state index contributed by atoms with van der Waals surface area (Å²) >= 11 is 0. The number of rotatable bonds is 4. The Morgan fingerprint density at radius 1 is 1.08 bits per heavy atom. The summed E-state index contributed by atoms with van der Waals surface area (Å²) in [7, 11) is -2.23. The molecule has 2 unspecified atom stereocenters. The molecule has 1 aliphatic heterocycles. The second-order valence-corrected chi connectivity index (χ2v) is 16.5. The van der Waals surface area contributed by atoms with E-state index in [1.54, 1.807) is 46.1 Å². The van der Waals surface area contributed by atoms with Crippen molar-refractivity contribution in [2.24, 2.45) is 18.4 Å². The highest BCUT2D eigenvalue weighted by Crippen LogP contribution is 2.40. The highest BCUT2D eigenvalue weighted by atomic mass is 32.2. The Morgan fingerprint density at radius 3 is 2.59 bits per heavy atom. The van der Waals surface area contributed by atoms with Crippen LogP contribution in [0.5, 0.6) is 11.5 Å². The smallest absolute Gasteiger partial charge is 0.306 e. The molecule has 0 amide bonds. The number of fused-ring (bicyclic) bond motifs is 8. The number of ketones is 1. The Kier molecular flexibility index (Phi) is 9.38. The number of H-pyrrole nitrogens is 1. The molecule has 4 bridgehead atoms. The van der Waals surface area contributed by atoms with Gasteiger partial charge in [0.05, 0.1) is 28.4 Å². The maximum atomic E-state index is 15.7. The number of halogens is 2. The van der Waals surface area contributed by atoms with Crippen LogP contribution in [0.2, 0.25) is 0 Å². The molecule has 6 rings (SSSR count). The molecule has 0 saturated heterocycles. The second kappa shape index (κ2) is 13.3. The molecule has 0 radical (unpaired) electrons. The van der Waals surface area contributed by atoms with Gasteiger partial charge in [0.15, 0.2) is 33.1 Å². The number of aryl methyl sites for hydroxylation is 2. The minimum Gasteiger partial charge on any atom is -0.481 e. The van der Waals surface area contributed by atoms with E-state index < -0.39 is 49.9 Å². The van der Waals surface area contributed by atoms with Gasteiger partial charge in [0.1, 0.15) is 17.3 Å². The Morgan fingerprint density at radius 2 is 1.84 bits per heavy atom. The van der Waals surface area contributed by atoms with Crippen LogP contribution < -0.4 is 4.74 Å². The number of hydrogen-bond donors (Lipinski definition) is 2. The Labute approximate surface area is 294 Å². The van der Waals surface area contributed by atoms with Crippen molar-refractivity contribution in [1.29, 1.82) is 0 Å². The summed E-state index contributed by atoms with van der Waals surface area (Å²) < 4.78 is 66.0. The van der Waals surface area contributed by atoms with Gasteiger partial charge in [-0.1, -0.05) is 45.0 Å². The van der Waals surface area contributed by atoms with Crippen LogP contribution in [0.1, 0.15) is 63.1 Å². The number of carbonyl (C=O) groups excluding carboxylic acids is 1. The number of aromatic amines is 1. The lowest BCUT2D eigenvalue weighted by Crippen LogP contribution is -2.35. The zero-order chi connectivity index (χ0) is 36.9. The number of benzene rings is 3. The number of ether oxygens (including phenoxy) is 1. The Hall–Kier alpha value is -4.91. The maximum Gasteiger partial charge on any atom is 0.306 e. The quantitative estimate of drug-likeness (QED) is 0.203. The van der Waals surface area contributed by atoms with Crippen LogP contribution in [0, 0.1) is 23.0 Å². The number of carbonyl (C=O) groups is 2. The lowest BCUT2D eigenvalue weighted by Gasteiger charge is -2.30. The van der Waals surface area contributed by atoms with Crippen LogP contribution in [-0.2, 0) is 44.7 Å². The molecule has 268 valence electrons. The number of sulfone groups is 1. The van der Waals surface area contributed by atoms with E-state index in [1.165, 1.54) is 28.9 Å². The van der Waals surface area contributed by atoms with Crippen LogP contribution in [0.3, 0.4) is 0 Å². The number of nitrogens with one attached hydrogen (secondary N) is 1. The van der Waals surface area contributed by atoms with Gasteiger partial charge in [-0.2, -0.15) is 5.10 Å². The van der Waals surface area contributed by atoms with Crippen molar-refractivity contribution >= 4 is 32.5 Å². The van der Waals surface area contributed by atoms with Crippen molar-refractivity contribution in [3.05, 3.63) is 94.9 Å². The number of Topliss-reactive ketones (excluding diaryl/α,β-unsaturated/α-hetero) is 1. The molecule has 3 aromatic carbocycles.